The molecule has 0 spiro atoms. The summed E-state index contributed by atoms with van der Waals surface area (Å²) in [5.74, 6) is -1.59. The van der Waals surface area contributed by atoms with E-state index in [1.807, 2.05) is 31.2 Å². The highest BCUT2D eigenvalue weighted by atomic mass is 16.6. The number of primary amides is 1. The molecule has 1 rings (SSSR count). The Morgan fingerprint density at radius 3 is 2.17 bits per heavy atom. The van der Waals surface area contributed by atoms with Crippen molar-refractivity contribution < 1.29 is 23.9 Å². The van der Waals surface area contributed by atoms with Crippen LogP contribution in [0.15, 0.2) is 24.3 Å². The van der Waals surface area contributed by atoms with E-state index in [1.54, 1.807) is 20.8 Å². The molecule has 0 aromatic heterocycles. The largest absolute Gasteiger partial charge is 0.444 e. The summed E-state index contributed by atoms with van der Waals surface area (Å²) in [4.78, 5) is 53.9. The standard InChI is InChI=1S/C31H52N4O5/c1-7-9-11-12-13-15-20-35(29(38)25(22-26(32)36)34-30(39)40-31(4,5)6)27(24-18-16-17-23(3)21-24)28(37)33-19-14-10-8-2/h16-18,21,25,27H,7-15,19-20,22H2,1-6H3,(H2,32,36)(H,33,37)(H,34,39). The predicted octanol–water partition coefficient (Wildman–Crippen LogP) is 5.30. The first-order chi connectivity index (χ1) is 18.9. The average Bonchev–Trinajstić information content (AvgIpc) is 2.85. The van der Waals surface area contributed by atoms with Gasteiger partial charge in [-0.3, -0.25) is 14.4 Å². The molecule has 4 amide bonds. The number of rotatable bonds is 18. The minimum absolute atomic E-state index is 0.289. The third-order valence-electron chi connectivity index (χ3n) is 6.43. The summed E-state index contributed by atoms with van der Waals surface area (Å²) in [5, 5.41) is 5.54. The number of hydrogen-bond donors (Lipinski definition) is 3. The Labute approximate surface area is 241 Å². The van der Waals surface area contributed by atoms with E-state index in [4.69, 9.17) is 10.5 Å². The Morgan fingerprint density at radius 2 is 1.57 bits per heavy atom. The van der Waals surface area contributed by atoms with E-state index in [1.165, 1.54) is 4.90 Å². The molecular weight excluding hydrogens is 508 g/mol. The molecule has 40 heavy (non-hydrogen) atoms. The van der Waals surface area contributed by atoms with Gasteiger partial charge in [-0.05, 0) is 46.1 Å². The lowest BCUT2D eigenvalue weighted by Gasteiger charge is -2.34. The lowest BCUT2D eigenvalue weighted by atomic mass is 9.99. The normalized spacial score (nSPS) is 12.8. The fraction of sp³-hybridized carbons (Fsp3) is 0.677. The van der Waals surface area contributed by atoms with Crippen LogP contribution in [0.2, 0.25) is 0 Å². The minimum Gasteiger partial charge on any atom is -0.444 e. The van der Waals surface area contributed by atoms with Crippen molar-refractivity contribution in [1.82, 2.24) is 15.5 Å². The lowest BCUT2D eigenvalue weighted by molar-refractivity contribution is -0.143. The van der Waals surface area contributed by atoms with E-state index in [0.29, 0.717) is 18.5 Å². The van der Waals surface area contributed by atoms with Crippen LogP contribution in [0.25, 0.3) is 0 Å². The molecule has 1 aromatic carbocycles. The van der Waals surface area contributed by atoms with Crippen LogP contribution in [0, 0.1) is 6.92 Å². The van der Waals surface area contributed by atoms with Crippen LogP contribution in [-0.2, 0) is 19.1 Å². The number of unbranched alkanes of at least 4 members (excludes halogenated alkanes) is 7. The van der Waals surface area contributed by atoms with Crippen molar-refractivity contribution in [2.24, 2.45) is 5.73 Å². The molecule has 0 heterocycles. The number of carbonyl (C=O) groups is 4. The monoisotopic (exact) mass is 560 g/mol. The SMILES string of the molecule is CCCCCCCCN(C(=O)C(CC(N)=O)NC(=O)OC(C)(C)C)C(C(=O)NCCCCC)c1cccc(C)c1. The first-order valence-electron chi connectivity index (χ1n) is 14.8. The Kier molecular flexibility index (Phi) is 16.0. The summed E-state index contributed by atoms with van der Waals surface area (Å²) in [6.45, 7) is 12.1. The number of nitrogens with zero attached hydrogens (tertiary/aromatic N) is 1. The molecule has 0 bridgehead atoms. The number of hydrogen-bond acceptors (Lipinski definition) is 5. The van der Waals surface area contributed by atoms with Crippen molar-refractivity contribution in [3.8, 4) is 0 Å². The van der Waals surface area contributed by atoms with E-state index in [9.17, 15) is 19.2 Å². The van der Waals surface area contributed by atoms with Gasteiger partial charge in [0, 0.05) is 13.1 Å². The summed E-state index contributed by atoms with van der Waals surface area (Å²) in [6, 6.07) is 5.31. The van der Waals surface area contributed by atoms with E-state index in [-0.39, 0.29) is 12.5 Å². The Hall–Kier alpha value is -3.10. The molecular formula is C31H52N4O5. The number of carbonyl (C=O) groups excluding carboxylic acids is 4. The highest BCUT2D eigenvalue weighted by Gasteiger charge is 2.36. The third kappa shape index (κ3) is 13.8. The van der Waals surface area contributed by atoms with E-state index < -0.39 is 42.0 Å². The zero-order chi connectivity index (χ0) is 30.1. The number of aryl methyl sites for hydroxylation is 1. The van der Waals surface area contributed by atoms with Gasteiger partial charge < -0.3 is 26.0 Å². The first-order valence-corrected chi connectivity index (χ1v) is 14.8. The summed E-state index contributed by atoms with van der Waals surface area (Å²) < 4.78 is 5.35. The summed E-state index contributed by atoms with van der Waals surface area (Å²) in [6.07, 6.45) is 7.56. The molecule has 2 atom stereocenters. The Balaban J connectivity index is 3.40. The predicted molar refractivity (Wildman–Crippen MR) is 159 cm³/mol. The summed E-state index contributed by atoms with van der Waals surface area (Å²) >= 11 is 0. The molecule has 2 unspecified atom stereocenters. The molecule has 0 radical (unpaired) electrons. The molecule has 0 saturated carbocycles. The lowest BCUT2D eigenvalue weighted by Crippen LogP contribution is -2.54. The van der Waals surface area contributed by atoms with Crippen LogP contribution in [-0.4, -0.2) is 53.4 Å². The van der Waals surface area contributed by atoms with Gasteiger partial charge in [0.1, 0.15) is 17.7 Å². The van der Waals surface area contributed by atoms with Gasteiger partial charge in [0.2, 0.25) is 17.7 Å². The van der Waals surface area contributed by atoms with Crippen molar-refractivity contribution in [3.63, 3.8) is 0 Å². The van der Waals surface area contributed by atoms with Gasteiger partial charge in [-0.2, -0.15) is 0 Å². The molecule has 1 aromatic rings. The van der Waals surface area contributed by atoms with Crippen molar-refractivity contribution in [1.29, 1.82) is 0 Å². The summed E-state index contributed by atoms with van der Waals surface area (Å²) in [7, 11) is 0. The van der Waals surface area contributed by atoms with E-state index >= 15 is 0 Å². The van der Waals surface area contributed by atoms with E-state index in [2.05, 4.69) is 24.5 Å². The highest BCUT2D eigenvalue weighted by molar-refractivity contribution is 5.94. The molecule has 0 aliphatic carbocycles. The van der Waals surface area contributed by atoms with Crippen molar-refractivity contribution in [2.75, 3.05) is 13.1 Å². The fourth-order valence-corrected chi connectivity index (χ4v) is 4.48. The highest BCUT2D eigenvalue weighted by Crippen LogP contribution is 2.25. The fourth-order valence-electron chi connectivity index (χ4n) is 4.48. The molecule has 9 nitrogen and oxygen atoms in total. The second-order valence-corrected chi connectivity index (χ2v) is 11.5. The maximum absolute atomic E-state index is 14.1. The minimum atomic E-state index is -1.27. The van der Waals surface area contributed by atoms with Gasteiger partial charge in [-0.1, -0.05) is 88.6 Å². The van der Waals surface area contributed by atoms with Crippen molar-refractivity contribution in [2.45, 2.75) is 123 Å². The Bertz CT molecular complexity index is 944. The van der Waals surface area contributed by atoms with Crippen LogP contribution in [0.1, 0.15) is 116 Å². The van der Waals surface area contributed by atoms with Crippen LogP contribution in [0.4, 0.5) is 4.79 Å². The third-order valence-corrected chi connectivity index (χ3v) is 6.43. The first kappa shape index (κ1) is 34.9. The number of amides is 4. The van der Waals surface area contributed by atoms with Gasteiger partial charge in [-0.25, -0.2) is 4.79 Å². The van der Waals surface area contributed by atoms with Crippen LogP contribution in [0.5, 0.6) is 0 Å². The smallest absolute Gasteiger partial charge is 0.408 e. The number of benzene rings is 1. The number of ether oxygens (including phenoxy) is 1. The summed E-state index contributed by atoms with van der Waals surface area (Å²) in [5.41, 5.74) is 6.30. The van der Waals surface area contributed by atoms with Crippen molar-refractivity contribution in [3.05, 3.63) is 35.4 Å². The molecule has 9 heteroatoms. The van der Waals surface area contributed by atoms with Gasteiger partial charge in [-0.15, -0.1) is 0 Å². The molecule has 0 aliphatic rings. The maximum atomic E-state index is 14.1. The number of alkyl carbamates (subject to hydrolysis) is 1. The molecule has 4 N–H and O–H groups in total. The molecule has 226 valence electrons. The van der Waals surface area contributed by atoms with Crippen LogP contribution < -0.4 is 16.4 Å². The average molecular weight is 561 g/mol. The van der Waals surface area contributed by atoms with Crippen LogP contribution >= 0.6 is 0 Å². The Morgan fingerprint density at radius 1 is 0.950 bits per heavy atom. The maximum Gasteiger partial charge on any atom is 0.408 e. The molecule has 0 aliphatic heterocycles. The van der Waals surface area contributed by atoms with E-state index in [0.717, 1.165) is 56.9 Å². The quantitative estimate of drug-likeness (QED) is 0.210. The van der Waals surface area contributed by atoms with Gasteiger partial charge >= 0.3 is 6.09 Å². The topological polar surface area (TPSA) is 131 Å². The molecule has 0 fully saturated rings. The van der Waals surface area contributed by atoms with Crippen molar-refractivity contribution >= 4 is 23.8 Å². The van der Waals surface area contributed by atoms with Crippen LogP contribution in [0.3, 0.4) is 0 Å². The zero-order valence-corrected chi connectivity index (χ0v) is 25.5. The zero-order valence-electron chi connectivity index (χ0n) is 25.5. The van der Waals surface area contributed by atoms with Gasteiger partial charge in [0.15, 0.2) is 0 Å². The second kappa shape index (κ2) is 18.3. The number of nitrogens with one attached hydrogen (secondary N) is 2. The van der Waals surface area contributed by atoms with Gasteiger partial charge in [0.05, 0.1) is 6.42 Å². The molecule has 0 saturated heterocycles. The second-order valence-electron chi connectivity index (χ2n) is 11.5. The number of nitrogens with two attached hydrogens (primary N) is 1. The van der Waals surface area contributed by atoms with Gasteiger partial charge in [0.25, 0.3) is 0 Å².